The van der Waals surface area contributed by atoms with Crippen molar-refractivity contribution < 1.29 is 0 Å². The van der Waals surface area contributed by atoms with Crippen LogP contribution in [0.1, 0.15) is 36.0 Å². The lowest BCUT2D eigenvalue weighted by atomic mass is 10.1. The van der Waals surface area contributed by atoms with E-state index in [9.17, 15) is 0 Å². The molecule has 0 radical (unpaired) electrons. The Hall–Kier alpha value is -2.01. The summed E-state index contributed by atoms with van der Waals surface area (Å²) >= 11 is 0. The van der Waals surface area contributed by atoms with Gasteiger partial charge in [-0.15, -0.1) is 0 Å². The Kier molecular flexibility index (Phi) is 3.60. The molecule has 0 spiro atoms. The predicted molar refractivity (Wildman–Crippen MR) is 79.0 cm³/mol. The van der Waals surface area contributed by atoms with Crippen LogP contribution >= 0.6 is 0 Å². The maximum Gasteiger partial charge on any atom is 0.228 e. The first kappa shape index (κ1) is 13.0. The van der Waals surface area contributed by atoms with E-state index in [1.807, 2.05) is 32.0 Å². The van der Waals surface area contributed by atoms with Crippen molar-refractivity contribution in [2.24, 2.45) is 0 Å². The molecule has 2 N–H and O–H groups in total. The Morgan fingerprint density at radius 3 is 2.65 bits per heavy atom. The first-order valence-electron chi connectivity index (χ1n) is 7.00. The smallest absolute Gasteiger partial charge is 0.228 e. The summed E-state index contributed by atoms with van der Waals surface area (Å²) in [5, 5.41) is 6.65. The van der Waals surface area contributed by atoms with Crippen LogP contribution in [0.25, 0.3) is 0 Å². The van der Waals surface area contributed by atoms with E-state index in [0.29, 0.717) is 12.0 Å². The lowest BCUT2D eigenvalue weighted by Gasteiger charge is -2.11. The van der Waals surface area contributed by atoms with Gasteiger partial charge in [-0.05, 0) is 51.4 Å². The Morgan fingerprint density at radius 2 is 1.95 bits per heavy atom. The average molecular weight is 269 g/mol. The molecule has 0 unspecified atom stereocenters. The minimum atomic E-state index is 0.372. The zero-order chi connectivity index (χ0) is 13.9. The van der Waals surface area contributed by atoms with Gasteiger partial charge in [-0.3, -0.25) is 0 Å². The molecule has 104 valence electrons. The van der Waals surface area contributed by atoms with Crippen LogP contribution in [0.2, 0.25) is 0 Å². The number of rotatable bonds is 3. The van der Waals surface area contributed by atoms with Crippen LogP contribution in [-0.4, -0.2) is 21.5 Å². The summed E-state index contributed by atoms with van der Waals surface area (Å²) in [6, 6.07) is 8.36. The van der Waals surface area contributed by atoms with Crippen LogP contribution in [0, 0.1) is 13.8 Å². The van der Waals surface area contributed by atoms with Crippen molar-refractivity contribution in [3.63, 3.8) is 0 Å². The van der Waals surface area contributed by atoms with Gasteiger partial charge in [-0.2, -0.15) is 0 Å². The molecule has 0 amide bonds. The third-order valence-electron chi connectivity index (χ3n) is 3.41. The molecule has 1 saturated heterocycles. The van der Waals surface area contributed by atoms with Crippen LogP contribution in [0.15, 0.2) is 24.3 Å². The molecule has 0 aromatic carbocycles. The minimum absolute atomic E-state index is 0.372. The van der Waals surface area contributed by atoms with E-state index in [1.165, 1.54) is 6.42 Å². The maximum absolute atomic E-state index is 4.66. The minimum Gasteiger partial charge on any atom is -0.309 e. The van der Waals surface area contributed by atoms with E-state index in [4.69, 9.17) is 0 Å². The summed E-state index contributed by atoms with van der Waals surface area (Å²) in [5.41, 5.74) is 2.99. The van der Waals surface area contributed by atoms with Gasteiger partial charge in [0.2, 0.25) is 5.95 Å². The Morgan fingerprint density at radius 1 is 1.15 bits per heavy atom. The van der Waals surface area contributed by atoms with Crippen LogP contribution in [0.4, 0.5) is 11.8 Å². The highest BCUT2D eigenvalue weighted by atomic mass is 15.1. The fraction of sp³-hybridized carbons (Fsp3) is 0.400. The second-order valence-electron chi connectivity index (χ2n) is 5.20. The van der Waals surface area contributed by atoms with Gasteiger partial charge in [-0.1, -0.05) is 6.07 Å². The van der Waals surface area contributed by atoms with Gasteiger partial charge in [0, 0.05) is 17.4 Å². The number of nitrogens with one attached hydrogen (secondary N) is 2. The normalized spacial score (nSPS) is 18.2. The quantitative estimate of drug-likeness (QED) is 0.897. The standard InChI is InChI=1S/C15H19N5/c1-10-9-11(2)18-15(17-10)20-14-7-3-5-13(19-14)12-6-4-8-16-12/h3,5,7,9,12,16H,4,6,8H2,1-2H3,(H,17,18,19,20)/t12-/m0/s1. The summed E-state index contributed by atoms with van der Waals surface area (Å²) < 4.78 is 0. The van der Waals surface area contributed by atoms with Crippen molar-refractivity contribution in [2.45, 2.75) is 32.7 Å². The zero-order valence-corrected chi connectivity index (χ0v) is 11.8. The van der Waals surface area contributed by atoms with Gasteiger partial charge in [0.25, 0.3) is 0 Å². The van der Waals surface area contributed by atoms with Gasteiger partial charge >= 0.3 is 0 Å². The molecule has 1 atom stereocenters. The van der Waals surface area contributed by atoms with Gasteiger partial charge in [0.15, 0.2) is 0 Å². The summed E-state index contributed by atoms with van der Waals surface area (Å²) in [4.78, 5) is 13.4. The second-order valence-corrected chi connectivity index (χ2v) is 5.20. The van der Waals surface area contributed by atoms with Crippen LogP contribution in [0.5, 0.6) is 0 Å². The molecule has 0 saturated carbocycles. The summed E-state index contributed by atoms with van der Waals surface area (Å²) in [6.45, 7) is 5.00. The number of nitrogens with zero attached hydrogens (tertiary/aromatic N) is 3. The molecule has 0 bridgehead atoms. The number of anilines is 2. The van der Waals surface area contributed by atoms with Crippen molar-refractivity contribution in [2.75, 3.05) is 11.9 Å². The van der Waals surface area contributed by atoms with E-state index in [0.717, 1.165) is 35.9 Å². The fourth-order valence-corrected chi connectivity index (χ4v) is 2.55. The van der Waals surface area contributed by atoms with E-state index >= 15 is 0 Å². The molecule has 0 aliphatic carbocycles. The highest BCUT2D eigenvalue weighted by Gasteiger charge is 2.17. The van der Waals surface area contributed by atoms with E-state index < -0.39 is 0 Å². The third-order valence-corrected chi connectivity index (χ3v) is 3.41. The second kappa shape index (κ2) is 5.54. The van der Waals surface area contributed by atoms with Crippen molar-refractivity contribution in [1.82, 2.24) is 20.3 Å². The number of hydrogen-bond donors (Lipinski definition) is 2. The Bertz CT molecular complexity index is 585. The van der Waals surface area contributed by atoms with E-state index in [1.54, 1.807) is 0 Å². The molecule has 1 aliphatic rings. The van der Waals surface area contributed by atoms with Gasteiger partial charge in [-0.25, -0.2) is 15.0 Å². The maximum atomic E-state index is 4.66. The number of aryl methyl sites for hydroxylation is 2. The molecule has 2 aromatic heterocycles. The van der Waals surface area contributed by atoms with Crippen molar-refractivity contribution >= 4 is 11.8 Å². The van der Waals surface area contributed by atoms with Crippen molar-refractivity contribution in [3.8, 4) is 0 Å². The van der Waals surface area contributed by atoms with Gasteiger partial charge in [0.1, 0.15) is 5.82 Å². The molecule has 3 rings (SSSR count). The van der Waals surface area contributed by atoms with Crippen LogP contribution < -0.4 is 10.6 Å². The molecule has 3 heterocycles. The van der Waals surface area contributed by atoms with E-state index in [-0.39, 0.29) is 0 Å². The van der Waals surface area contributed by atoms with Gasteiger partial charge < -0.3 is 10.6 Å². The van der Waals surface area contributed by atoms with Crippen molar-refractivity contribution in [1.29, 1.82) is 0 Å². The third kappa shape index (κ3) is 2.93. The average Bonchev–Trinajstić information content (AvgIpc) is 2.91. The number of aromatic nitrogens is 3. The Labute approximate surface area is 118 Å². The highest BCUT2D eigenvalue weighted by molar-refractivity contribution is 5.48. The monoisotopic (exact) mass is 269 g/mol. The lowest BCUT2D eigenvalue weighted by Crippen LogP contribution is -2.14. The fourth-order valence-electron chi connectivity index (χ4n) is 2.55. The molecule has 1 fully saturated rings. The highest BCUT2D eigenvalue weighted by Crippen LogP contribution is 2.22. The largest absolute Gasteiger partial charge is 0.309 e. The predicted octanol–water partition coefficient (Wildman–Crippen LogP) is 2.66. The molecule has 5 heteroatoms. The SMILES string of the molecule is Cc1cc(C)nc(Nc2cccc([C@@H]3CCCN3)n2)n1. The van der Waals surface area contributed by atoms with Crippen molar-refractivity contribution in [3.05, 3.63) is 41.3 Å². The Balaban J connectivity index is 1.81. The molecule has 1 aliphatic heterocycles. The number of hydrogen-bond acceptors (Lipinski definition) is 5. The first-order chi connectivity index (χ1) is 9.70. The first-order valence-corrected chi connectivity index (χ1v) is 7.00. The summed E-state index contributed by atoms with van der Waals surface area (Å²) in [5.74, 6) is 1.40. The van der Waals surface area contributed by atoms with E-state index in [2.05, 4.69) is 31.7 Å². The lowest BCUT2D eigenvalue weighted by molar-refractivity contribution is 0.629. The summed E-state index contributed by atoms with van der Waals surface area (Å²) in [6.07, 6.45) is 2.36. The topological polar surface area (TPSA) is 62.7 Å². The summed E-state index contributed by atoms with van der Waals surface area (Å²) in [7, 11) is 0. The molecule has 5 nitrogen and oxygen atoms in total. The zero-order valence-electron chi connectivity index (χ0n) is 11.8. The van der Waals surface area contributed by atoms with Gasteiger partial charge in [0.05, 0.1) is 5.69 Å². The van der Waals surface area contributed by atoms with Crippen LogP contribution in [0.3, 0.4) is 0 Å². The molecule has 2 aromatic rings. The molecular weight excluding hydrogens is 250 g/mol. The molecule has 20 heavy (non-hydrogen) atoms. The van der Waals surface area contributed by atoms with Crippen LogP contribution in [-0.2, 0) is 0 Å². The number of pyridine rings is 1. The molecular formula is C15H19N5.